The fourth-order valence-electron chi connectivity index (χ4n) is 4.92. The number of piperidine rings is 1. The first kappa shape index (κ1) is 30.5. The number of sulfone groups is 1. The minimum Gasteiger partial charge on any atom is -0.497 e. The van der Waals surface area contributed by atoms with Gasteiger partial charge in [-0.1, -0.05) is 31.2 Å². The number of nitrogens with zero attached hydrogens (tertiary/aromatic N) is 1. The van der Waals surface area contributed by atoms with E-state index in [1.54, 1.807) is 48.5 Å². The van der Waals surface area contributed by atoms with Crippen molar-refractivity contribution in [2.75, 3.05) is 39.6 Å². The van der Waals surface area contributed by atoms with E-state index < -0.39 is 32.4 Å². The second-order valence-electron chi connectivity index (χ2n) is 10.0. The first-order valence-corrected chi connectivity index (χ1v) is 15.2. The lowest BCUT2D eigenvalue weighted by molar-refractivity contribution is -0.139. The second-order valence-corrected chi connectivity index (χ2v) is 12.0. The van der Waals surface area contributed by atoms with Gasteiger partial charge >= 0.3 is 6.18 Å². The standard InChI is InChI=1S/C31H34F3NO5S/c1-22(40-27-14-12-26(13-15-27)39-20-19-35-17-5-4-6-18-35)30(23-7-10-25(38-2)11-8-23)24-9-16-29(41(3,36)37)28(21-24)31(32,33)34/h7-16,21,30H,1,4-6,17-20H2,2-3H3. The number of hydrogen-bond donors (Lipinski definition) is 0. The normalized spacial score (nSPS) is 15.2. The maximum absolute atomic E-state index is 14.0. The number of benzene rings is 3. The van der Waals surface area contributed by atoms with Crippen LogP contribution in [0, 0.1) is 0 Å². The molecule has 0 bridgehead atoms. The van der Waals surface area contributed by atoms with Crippen LogP contribution in [0.25, 0.3) is 0 Å². The molecule has 0 radical (unpaired) electrons. The highest BCUT2D eigenvalue weighted by molar-refractivity contribution is 7.90. The monoisotopic (exact) mass is 589 g/mol. The molecule has 1 aliphatic rings. The van der Waals surface area contributed by atoms with E-state index in [9.17, 15) is 21.6 Å². The zero-order valence-corrected chi connectivity index (χ0v) is 23.9. The Labute approximate surface area is 239 Å². The molecule has 1 atom stereocenters. The maximum Gasteiger partial charge on any atom is 0.417 e. The van der Waals surface area contributed by atoms with Gasteiger partial charge in [0.15, 0.2) is 9.84 Å². The van der Waals surface area contributed by atoms with Crippen LogP contribution in [0.5, 0.6) is 17.2 Å². The fourth-order valence-corrected chi connectivity index (χ4v) is 5.81. The lowest BCUT2D eigenvalue weighted by atomic mass is 9.88. The molecule has 1 unspecified atom stereocenters. The minimum absolute atomic E-state index is 0.161. The molecule has 6 nitrogen and oxygen atoms in total. The van der Waals surface area contributed by atoms with Crippen molar-refractivity contribution in [2.24, 2.45) is 0 Å². The lowest BCUT2D eigenvalue weighted by Crippen LogP contribution is -2.33. The summed E-state index contributed by atoms with van der Waals surface area (Å²) in [6.45, 7) is 7.65. The summed E-state index contributed by atoms with van der Waals surface area (Å²) in [5.74, 6) is 1.00. The third-order valence-electron chi connectivity index (χ3n) is 7.01. The molecule has 1 aliphatic heterocycles. The highest BCUT2D eigenvalue weighted by Crippen LogP contribution is 2.40. The largest absolute Gasteiger partial charge is 0.497 e. The number of alkyl halides is 3. The molecular weight excluding hydrogens is 555 g/mol. The van der Waals surface area contributed by atoms with Gasteiger partial charge in [0.05, 0.1) is 23.5 Å². The number of methoxy groups -OCH3 is 1. The number of ether oxygens (including phenoxy) is 3. The van der Waals surface area contributed by atoms with Crippen molar-refractivity contribution in [1.82, 2.24) is 4.90 Å². The van der Waals surface area contributed by atoms with Crippen LogP contribution in [0.2, 0.25) is 0 Å². The van der Waals surface area contributed by atoms with E-state index >= 15 is 0 Å². The Balaban J connectivity index is 1.57. The van der Waals surface area contributed by atoms with Crippen molar-refractivity contribution in [2.45, 2.75) is 36.3 Å². The third kappa shape index (κ3) is 8.04. The van der Waals surface area contributed by atoms with Crippen molar-refractivity contribution in [1.29, 1.82) is 0 Å². The molecule has 0 amide bonds. The van der Waals surface area contributed by atoms with Gasteiger partial charge in [-0.3, -0.25) is 4.90 Å². The summed E-state index contributed by atoms with van der Waals surface area (Å²) in [7, 11) is -2.61. The first-order valence-electron chi connectivity index (χ1n) is 13.3. The van der Waals surface area contributed by atoms with E-state index in [1.807, 2.05) is 0 Å². The summed E-state index contributed by atoms with van der Waals surface area (Å²) < 4.78 is 83.2. The minimum atomic E-state index is -4.88. The summed E-state index contributed by atoms with van der Waals surface area (Å²) >= 11 is 0. The molecule has 0 N–H and O–H groups in total. The highest BCUT2D eigenvalue weighted by Gasteiger charge is 2.37. The van der Waals surface area contributed by atoms with Crippen LogP contribution >= 0.6 is 0 Å². The molecule has 10 heteroatoms. The molecule has 3 aromatic carbocycles. The Morgan fingerprint density at radius 1 is 0.902 bits per heavy atom. The van der Waals surface area contributed by atoms with Gasteiger partial charge in [-0.15, -0.1) is 0 Å². The zero-order chi connectivity index (χ0) is 29.6. The van der Waals surface area contributed by atoms with Gasteiger partial charge in [0, 0.05) is 12.8 Å². The first-order chi connectivity index (χ1) is 19.5. The van der Waals surface area contributed by atoms with Crippen LogP contribution in [-0.4, -0.2) is 52.9 Å². The molecule has 41 heavy (non-hydrogen) atoms. The van der Waals surface area contributed by atoms with Crippen molar-refractivity contribution >= 4 is 9.84 Å². The molecule has 1 saturated heterocycles. The molecule has 3 aromatic rings. The predicted molar refractivity (Wildman–Crippen MR) is 151 cm³/mol. The van der Waals surface area contributed by atoms with Gasteiger partial charge in [-0.25, -0.2) is 8.42 Å². The molecule has 0 spiro atoms. The van der Waals surface area contributed by atoms with Crippen LogP contribution in [0.15, 0.2) is 84.0 Å². The van der Waals surface area contributed by atoms with Gasteiger partial charge in [-0.05, 0) is 85.6 Å². The van der Waals surface area contributed by atoms with Crippen molar-refractivity contribution < 1.29 is 35.8 Å². The second kappa shape index (κ2) is 13.0. The van der Waals surface area contributed by atoms with Crippen molar-refractivity contribution in [3.05, 3.63) is 95.8 Å². The number of rotatable bonds is 11. The highest BCUT2D eigenvalue weighted by atomic mass is 32.2. The molecule has 0 aliphatic carbocycles. The van der Waals surface area contributed by atoms with E-state index in [2.05, 4.69) is 11.5 Å². The van der Waals surface area contributed by atoms with E-state index in [0.717, 1.165) is 38.0 Å². The molecule has 0 saturated carbocycles. The zero-order valence-electron chi connectivity index (χ0n) is 23.1. The van der Waals surface area contributed by atoms with Crippen LogP contribution in [0.3, 0.4) is 0 Å². The summed E-state index contributed by atoms with van der Waals surface area (Å²) in [5.41, 5.74) is -0.471. The Morgan fingerprint density at radius 2 is 1.49 bits per heavy atom. The van der Waals surface area contributed by atoms with Gasteiger partial charge < -0.3 is 14.2 Å². The van der Waals surface area contributed by atoms with Crippen LogP contribution < -0.4 is 14.2 Å². The average molecular weight is 590 g/mol. The smallest absolute Gasteiger partial charge is 0.417 e. The SMILES string of the molecule is C=C(Oc1ccc(OCCN2CCCCC2)cc1)C(c1ccc(OC)cc1)c1ccc(S(C)(=O)=O)c(C(F)(F)F)c1. The van der Waals surface area contributed by atoms with E-state index in [-0.39, 0.29) is 11.3 Å². The molecule has 1 fully saturated rings. The van der Waals surface area contributed by atoms with Crippen molar-refractivity contribution in [3.8, 4) is 17.2 Å². The van der Waals surface area contributed by atoms with Gasteiger partial charge in [-0.2, -0.15) is 13.2 Å². The van der Waals surface area contributed by atoms with E-state index in [4.69, 9.17) is 14.2 Å². The fraction of sp³-hybridized carbons (Fsp3) is 0.355. The van der Waals surface area contributed by atoms with Gasteiger partial charge in [0.2, 0.25) is 0 Å². The Bertz CT molecular complexity index is 1430. The third-order valence-corrected chi connectivity index (χ3v) is 8.17. The van der Waals surface area contributed by atoms with Crippen LogP contribution in [0.1, 0.15) is 41.9 Å². The number of allylic oxidation sites excluding steroid dienone is 1. The Kier molecular flexibility index (Phi) is 9.65. The molecule has 1 heterocycles. The lowest BCUT2D eigenvalue weighted by Gasteiger charge is -2.26. The van der Waals surface area contributed by atoms with Gasteiger partial charge in [0.1, 0.15) is 29.6 Å². The molecule has 4 rings (SSSR count). The number of hydrogen-bond acceptors (Lipinski definition) is 6. The van der Waals surface area contributed by atoms with E-state index in [1.165, 1.54) is 32.4 Å². The number of halogens is 3. The predicted octanol–water partition coefficient (Wildman–Crippen LogP) is 6.71. The van der Waals surface area contributed by atoms with Gasteiger partial charge in [0.25, 0.3) is 0 Å². The molecule has 220 valence electrons. The number of likely N-dealkylation sites (tertiary alicyclic amines) is 1. The Morgan fingerprint density at radius 3 is 2.07 bits per heavy atom. The maximum atomic E-state index is 14.0. The topological polar surface area (TPSA) is 65.1 Å². The summed E-state index contributed by atoms with van der Waals surface area (Å²) in [6, 6.07) is 16.9. The summed E-state index contributed by atoms with van der Waals surface area (Å²) in [5, 5.41) is 0. The van der Waals surface area contributed by atoms with Crippen LogP contribution in [0.4, 0.5) is 13.2 Å². The van der Waals surface area contributed by atoms with E-state index in [0.29, 0.717) is 29.4 Å². The van der Waals surface area contributed by atoms with Crippen LogP contribution in [-0.2, 0) is 16.0 Å². The summed E-state index contributed by atoms with van der Waals surface area (Å²) in [4.78, 5) is 1.60. The quantitative estimate of drug-likeness (QED) is 0.232. The molecular formula is C31H34F3NO5S. The average Bonchev–Trinajstić information content (AvgIpc) is 2.94. The summed E-state index contributed by atoms with van der Waals surface area (Å²) in [6.07, 6.45) is -0.426. The molecule has 0 aromatic heterocycles. The van der Waals surface area contributed by atoms with Crippen molar-refractivity contribution in [3.63, 3.8) is 0 Å². The Hall–Kier alpha value is -3.50.